The van der Waals surface area contributed by atoms with Gasteiger partial charge < -0.3 is 4.84 Å². The van der Waals surface area contributed by atoms with Crippen LogP contribution < -0.4 is 0 Å². The Hall–Kier alpha value is -2.14. The van der Waals surface area contributed by atoms with E-state index in [1.807, 2.05) is 0 Å². The highest BCUT2D eigenvalue weighted by molar-refractivity contribution is 7.13. The van der Waals surface area contributed by atoms with Gasteiger partial charge in [0.2, 0.25) is 11.5 Å². The van der Waals surface area contributed by atoms with Gasteiger partial charge in [-0.25, -0.2) is 4.39 Å². The number of hydrogen-bond donors (Lipinski definition) is 0. The lowest BCUT2D eigenvalue weighted by molar-refractivity contribution is 0.105. The van der Waals surface area contributed by atoms with E-state index in [2.05, 4.69) is 9.99 Å². The molecule has 0 saturated carbocycles. The Morgan fingerprint density at radius 2 is 2.21 bits per heavy atom. The lowest BCUT2D eigenvalue weighted by atomic mass is 10.2. The number of nitrogens with zero attached hydrogens (tertiary/aromatic N) is 2. The van der Waals surface area contributed by atoms with Crippen LogP contribution in [-0.4, -0.2) is 18.1 Å². The first-order valence-electron chi connectivity index (χ1n) is 4.94. The fourth-order valence-corrected chi connectivity index (χ4v) is 1.64. The molecule has 1 aromatic rings. The number of halogens is 3. The number of Topliss-reactive ketones (excluding diaryl/α,β-unsaturated/α-hetero) is 1. The van der Waals surface area contributed by atoms with E-state index in [4.69, 9.17) is 5.26 Å². The third-order valence-corrected chi connectivity index (χ3v) is 2.71. The summed E-state index contributed by atoms with van der Waals surface area (Å²) in [5, 5.41) is 13.6. The zero-order valence-corrected chi connectivity index (χ0v) is 10.2. The molecule has 0 N–H and O–H groups in total. The van der Waals surface area contributed by atoms with Gasteiger partial charge in [-0.05, 0) is 11.4 Å². The molecule has 1 heterocycles. The normalized spacial score (nSPS) is 10.7. The van der Waals surface area contributed by atoms with Gasteiger partial charge in [0.15, 0.2) is 5.83 Å². The molecule has 0 aromatic carbocycles. The number of hydrogen-bond acceptors (Lipinski definition) is 5. The zero-order chi connectivity index (χ0) is 14.3. The van der Waals surface area contributed by atoms with E-state index in [1.54, 1.807) is 11.4 Å². The van der Waals surface area contributed by atoms with Crippen molar-refractivity contribution >= 4 is 22.8 Å². The van der Waals surface area contributed by atoms with Crippen LogP contribution in [0.1, 0.15) is 16.1 Å². The number of nitriles is 1. The van der Waals surface area contributed by atoms with Crippen LogP contribution in [0.15, 0.2) is 34.6 Å². The zero-order valence-electron chi connectivity index (χ0n) is 9.40. The first-order chi connectivity index (χ1) is 9.06. The molecule has 0 spiro atoms. The van der Waals surface area contributed by atoms with Crippen LogP contribution in [0.2, 0.25) is 0 Å². The van der Waals surface area contributed by atoms with Crippen LogP contribution in [0.5, 0.6) is 0 Å². The Bertz CT molecular complexity index is 543. The molecule has 100 valence electrons. The molecule has 19 heavy (non-hydrogen) atoms. The smallest absolute Gasteiger partial charge is 0.301 e. The molecule has 0 bridgehead atoms. The van der Waals surface area contributed by atoms with Crippen LogP contribution in [0.4, 0.5) is 13.2 Å². The van der Waals surface area contributed by atoms with Crippen LogP contribution >= 0.6 is 11.3 Å². The number of carbonyl (C=O) groups excluding carboxylic acids is 1. The third kappa shape index (κ3) is 4.56. The Kier molecular flexibility index (Phi) is 5.75. The van der Waals surface area contributed by atoms with E-state index < -0.39 is 36.4 Å². The standard InChI is InChI=1S/C11H7F3N2O2S/c12-7(11(13)14)3-4-18-16-8(6-15)10(17)9-2-1-5-19-9/h1-2,5H,3-4H2/b16-8+. The minimum absolute atomic E-state index is 0.296. The molecule has 0 fully saturated rings. The van der Waals surface area contributed by atoms with Gasteiger partial charge in [0.25, 0.3) is 0 Å². The van der Waals surface area contributed by atoms with Gasteiger partial charge >= 0.3 is 6.08 Å². The summed E-state index contributed by atoms with van der Waals surface area (Å²) in [7, 11) is 0. The number of thiophene rings is 1. The summed E-state index contributed by atoms with van der Waals surface area (Å²) in [6.07, 6.45) is -3.11. The second kappa shape index (κ2) is 7.33. The fourth-order valence-electron chi connectivity index (χ4n) is 0.977. The third-order valence-electron chi connectivity index (χ3n) is 1.84. The second-order valence-corrected chi connectivity index (χ2v) is 4.05. The van der Waals surface area contributed by atoms with Crippen molar-refractivity contribution in [3.8, 4) is 6.07 Å². The first-order valence-corrected chi connectivity index (χ1v) is 5.82. The molecule has 0 radical (unpaired) electrons. The maximum Gasteiger partial charge on any atom is 0.301 e. The summed E-state index contributed by atoms with van der Waals surface area (Å²) >= 11 is 1.12. The molecule has 0 aliphatic heterocycles. The quantitative estimate of drug-likeness (QED) is 0.349. The number of carbonyl (C=O) groups is 1. The monoisotopic (exact) mass is 288 g/mol. The summed E-state index contributed by atoms with van der Waals surface area (Å²) in [5.41, 5.74) is -0.521. The fraction of sp³-hybridized carbons (Fsp3) is 0.182. The predicted octanol–water partition coefficient (Wildman–Crippen LogP) is 3.29. The topological polar surface area (TPSA) is 62.4 Å². The Morgan fingerprint density at radius 3 is 2.74 bits per heavy atom. The average Bonchev–Trinajstić information content (AvgIpc) is 2.91. The predicted molar refractivity (Wildman–Crippen MR) is 62.6 cm³/mol. The lowest BCUT2D eigenvalue weighted by Crippen LogP contribution is -2.11. The highest BCUT2D eigenvalue weighted by atomic mass is 32.1. The average molecular weight is 288 g/mol. The van der Waals surface area contributed by atoms with E-state index in [0.717, 1.165) is 11.3 Å². The van der Waals surface area contributed by atoms with E-state index in [9.17, 15) is 18.0 Å². The van der Waals surface area contributed by atoms with Gasteiger partial charge in [0, 0.05) is 6.42 Å². The molecule has 1 aromatic heterocycles. The summed E-state index contributed by atoms with van der Waals surface area (Å²) in [5.74, 6) is -2.25. The van der Waals surface area contributed by atoms with Gasteiger partial charge in [0.1, 0.15) is 12.7 Å². The number of ketones is 1. The van der Waals surface area contributed by atoms with Crippen molar-refractivity contribution in [1.29, 1.82) is 5.26 Å². The van der Waals surface area contributed by atoms with Crippen molar-refractivity contribution in [2.75, 3.05) is 6.61 Å². The van der Waals surface area contributed by atoms with Gasteiger partial charge in [-0.1, -0.05) is 11.2 Å². The van der Waals surface area contributed by atoms with Crippen LogP contribution in [0.3, 0.4) is 0 Å². The Balaban J connectivity index is 2.57. The van der Waals surface area contributed by atoms with Crippen molar-refractivity contribution in [1.82, 2.24) is 0 Å². The van der Waals surface area contributed by atoms with Gasteiger partial charge in [-0.2, -0.15) is 14.0 Å². The van der Waals surface area contributed by atoms with Crippen LogP contribution in [-0.2, 0) is 4.84 Å². The molecule has 0 aliphatic rings. The highest BCUT2D eigenvalue weighted by Gasteiger charge is 2.15. The molecule has 0 saturated heterocycles. The minimum Gasteiger partial charge on any atom is -0.394 e. The summed E-state index contributed by atoms with van der Waals surface area (Å²) < 4.78 is 35.8. The summed E-state index contributed by atoms with van der Waals surface area (Å²) in [4.78, 5) is 16.4. The molecule has 0 amide bonds. The lowest BCUT2D eigenvalue weighted by Gasteiger charge is -1.98. The Labute approximate surface area is 110 Å². The Morgan fingerprint density at radius 1 is 1.47 bits per heavy atom. The van der Waals surface area contributed by atoms with E-state index in [1.165, 1.54) is 12.1 Å². The van der Waals surface area contributed by atoms with Crippen molar-refractivity contribution in [3.63, 3.8) is 0 Å². The molecule has 1 rings (SSSR count). The molecular weight excluding hydrogens is 281 g/mol. The van der Waals surface area contributed by atoms with Crippen molar-refractivity contribution in [3.05, 3.63) is 34.3 Å². The van der Waals surface area contributed by atoms with Gasteiger partial charge in [0.05, 0.1) is 4.88 Å². The van der Waals surface area contributed by atoms with Crippen molar-refractivity contribution in [2.45, 2.75) is 6.42 Å². The van der Waals surface area contributed by atoms with E-state index in [0.29, 0.717) is 4.88 Å². The van der Waals surface area contributed by atoms with E-state index in [-0.39, 0.29) is 0 Å². The highest BCUT2D eigenvalue weighted by Crippen LogP contribution is 2.13. The molecule has 0 aliphatic carbocycles. The SMILES string of the molecule is N#C/C(=N\OCCC(F)=C(F)F)C(=O)c1cccs1. The maximum atomic E-state index is 12.4. The number of oxime groups is 1. The van der Waals surface area contributed by atoms with E-state index >= 15 is 0 Å². The minimum atomic E-state index is -2.43. The maximum absolute atomic E-state index is 12.4. The molecular formula is C11H7F3N2O2S. The molecule has 4 nitrogen and oxygen atoms in total. The first kappa shape index (κ1) is 14.9. The summed E-state index contributed by atoms with van der Waals surface area (Å²) in [6, 6.07) is 4.65. The van der Waals surface area contributed by atoms with Gasteiger partial charge in [-0.15, -0.1) is 11.3 Å². The second-order valence-electron chi connectivity index (χ2n) is 3.11. The molecule has 0 atom stereocenters. The molecule has 0 unspecified atom stereocenters. The van der Waals surface area contributed by atoms with Crippen molar-refractivity contribution < 1.29 is 22.8 Å². The molecule has 8 heteroatoms. The number of rotatable bonds is 6. The van der Waals surface area contributed by atoms with Crippen LogP contribution in [0, 0.1) is 11.3 Å². The van der Waals surface area contributed by atoms with Gasteiger partial charge in [-0.3, -0.25) is 4.79 Å². The van der Waals surface area contributed by atoms with Crippen molar-refractivity contribution in [2.24, 2.45) is 5.16 Å². The summed E-state index contributed by atoms with van der Waals surface area (Å²) in [6.45, 7) is -0.494. The van der Waals surface area contributed by atoms with Crippen LogP contribution in [0.25, 0.3) is 0 Å². The largest absolute Gasteiger partial charge is 0.394 e.